The fraction of sp³-hybridized carbons (Fsp3) is 0.500. The van der Waals surface area contributed by atoms with E-state index in [-0.39, 0.29) is 17.4 Å². The molecule has 0 aromatic carbocycles. The Morgan fingerprint density at radius 1 is 1.30 bits per heavy atom. The molecule has 2 heterocycles. The molecule has 0 radical (unpaired) electrons. The Morgan fingerprint density at radius 3 is 2.67 bits per heavy atom. The van der Waals surface area contributed by atoms with Crippen molar-refractivity contribution in [3.8, 4) is 5.95 Å². The van der Waals surface area contributed by atoms with E-state index < -0.39 is 17.8 Å². The number of amides is 1. The highest BCUT2D eigenvalue weighted by Crippen LogP contribution is 2.31. The molecule has 27 heavy (non-hydrogen) atoms. The van der Waals surface area contributed by atoms with E-state index in [4.69, 9.17) is 0 Å². The van der Waals surface area contributed by atoms with Crippen LogP contribution in [0.5, 0.6) is 0 Å². The number of nitrogens with zero attached hydrogens (tertiary/aromatic N) is 3. The van der Waals surface area contributed by atoms with Crippen LogP contribution in [0.2, 0.25) is 0 Å². The van der Waals surface area contributed by atoms with E-state index in [1.54, 1.807) is 13.0 Å². The molecule has 2 aromatic rings. The Balaban J connectivity index is 1.90. The van der Waals surface area contributed by atoms with Crippen molar-refractivity contribution in [1.82, 2.24) is 19.7 Å². The fourth-order valence-electron chi connectivity index (χ4n) is 3.48. The largest absolute Gasteiger partial charge is 0.481 e. The summed E-state index contributed by atoms with van der Waals surface area (Å²) in [6, 6.07) is 3.08. The number of aromatic amines is 1. The molecule has 9 heteroatoms. The molecule has 0 bridgehead atoms. The van der Waals surface area contributed by atoms with Crippen molar-refractivity contribution in [2.75, 3.05) is 5.32 Å². The molecule has 3 N–H and O–H groups in total. The summed E-state index contributed by atoms with van der Waals surface area (Å²) >= 11 is 0. The number of nitrogens with one attached hydrogen (secondary N) is 2. The molecule has 1 amide bonds. The number of hydrogen-bond donors (Lipinski definition) is 3. The molecule has 144 valence electrons. The minimum atomic E-state index is -0.943. The van der Waals surface area contributed by atoms with Gasteiger partial charge in [0, 0.05) is 17.8 Å². The molecule has 3 rings (SSSR count). The summed E-state index contributed by atoms with van der Waals surface area (Å²) in [5.41, 5.74) is 0.936. The van der Waals surface area contributed by atoms with Gasteiger partial charge >= 0.3 is 5.97 Å². The maximum Gasteiger partial charge on any atom is 0.307 e. The molecule has 2 atom stereocenters. The Kier molecular flexibility index (Phi) is 5.38. The zero-order chi connectivity index (χ0) is 19.6. The Bertz CT molecular complexity index is 917. The van der Waals surface area contributed by atoms with Crippen molar-refractivity contribution in [1.29, 1.82) is 0 Å². The van der Waals surface area contributed by atoms with Gasteiger partial charge in [-0.25, -0.2) is 4.98 Å². The Labute approximate surface area is 155 Å². The van der Waals surface area contributed by atoms with Gasteiger partial charge in [0.2, 0.25) is 11.9 Å². The first-order chi connectivity index (χ1) is 12.9. The highest BCUT2D eigenvalue weighted by molar-refractivity contribution is 5.94. The summed E-state index contributed by atoms with van der Waals surface area (Å²) in [5.74, 6) is -2.00. The standard InChI is InChI=1S/C18H23N5O4/c1-3-11-9-15(24)21-18(19-11)23-14(8-10(2)22-23)20-16(25)12-6-4-5-7-13(12)17(26)27/h8-9,12-13H,3-7H2,1-2H3,(H,20,25)(H,26,27)(H,19,21,24)/t12-,13+/m0/s1. The van der Waals surface area contributed by atoms with Crippen LogP contribution in [0.15, 0.2) is 16.9 Å². The molecule has 1 aliphatic rings. The first-order valence-corrected chi connectivity index (χ1v) is 9.10. The summed E-state index contributed by atoms with van der Waals surface area (Å²) in [6.45, 7) is 3.65. The van der Waals surface area contributed by atoms with Crippen molar-refractivity contribution < 1.29 is 14.7 Å². The van der Waals surface area contributed by atoms with Gasteiger partial charge in [0.25, 0.3) is 5.56 Å². The quantitative estimate of drug-likeness (QED) is 0.731. The minimum absolute atomic E-state index is 0.209. The number of carboxylic acid groups (broad SMARTS) is 1. The smallest absolute Gasteiger partial charge is 0.307 e. The Morgan fingerprint density at radius 2 is 2.00 bits per heavy atom. The van der Waals surface area contributed by atoms with Crippen LogP contribution in [0.3, 0.4) is 0 Å². The van der Waals surface area contributed by atoms with Crippen LogP contribution in [-0.2, 0) is 16.0 Å². The molecule has 0 saturated heterocycles. The van der Waals surface area contributed by atoms with Crippen molar-refractivity contribution in [2.45, 2.75) is 46.0 Å². The van der Waals surface area contributed by atoms with Gasteiger partial charge in [-0.2, -0.15) is 9.78 Å². The van der Waals surface area contributed by atoms with Crippen LogP contribution < -0.4 is 10.9 Å². The van der Waals surface area contributed by atoms with Gasteiger partial charge in [-0.15, -0.1) is 0 Å². The Hall–Kier alpha value is -2.97. The van der Waals surface area contributed by atoms with Gasteiger partial charge in [-0.05, 0) is 26.2 Å². The summed E-state index contributed by atoms with van der Waals surface area (Å²) in [6.07, 6.45) is 3.26. The van der Waals surface area contributed by atoms with Gasteiger partial charge in [-0.1, -0.05) is 19.8 Å². The molecule has 1 fully saturated rings. The third-order valence-corrected chi connectivity index (χ3v) is 4.85. The zero-order valence-corrected chi connectivity index (χ0v) is 15.4. The summed E-state index contributed by atoms with van der Waals surface area (Å²) in [5, 5.41) is 16.5. The van der Waals surface area contributed by atoms with E-state index in [0.29, 0.717) is 36.5 Å². The molecule has 2 aromatic heterocycles. The van der Waals surface area contributed by atoms with Crippen LogP contribution in [-0.4, -0.2) is 36.7 Å². The third kappa shape index (κ3) is 4.07. The normalized spacial score (nSPS) is 19.6. The second-order valence-electron chi connectivity index (χ2n) is 6.82. The van der Waals surface area contributed by atoms with Crippen molar-refractivity contribution in [3.63, 3.8) is 0 Å². The lowest BCUT2D eigenvalue weighted by molar-refractivity contribution is -0.147. The summed E-state index contributed by atoms with van der Waals surface area (Å²) in [4.78, 5) is 43.1. The van der Waals surface area contributed by atoms with Crippen LogP contribution in [0, 0.1) is 18.8 Å². The molecular formula is C18H23N5O4. The third-order valence-electron chi connectivity index (χ3n) is 4.85. The van der Waals surface area contributed by atoms with Crippen LogP contribution in [0.1, 0.15) is 44.0 Å². The second kappa shape index (κ2) is 7.73. The predicted molar refractivity (Wildman–Crippen MR) is 97.8 cm³/mol. The highest BCUT2D eigenvalue weighted by Gasteiger charge is 2.36. The number of aryl methyl sites for hydroxylation is 2. The number of aliphatic carboxylic acids is 1. The van der Waals surface area contributed by atoms with E-state index in [1.165, 1.54) is 10.7 Å². The van der Waals surface area contributed by atoms with E-state index in [1.807, 2.05) is 6.92 Å². The molecule has 1 saturated carbocycles. The number of aromatic nitrogens is 4. The van der Waals surface area contributed by atoms with Gasteiger partial charge in [0.15, 0.2) is 0 Å². The number of anilines is 1. The number of H-pyrrole nitrogens is 1. The molecule has 0 aliphatic heterocycles. The monoisotopic (exact) mass is 373 g/mol. The minimum Gasteiger partial charge on any atom is -0.481 e. The van der Waals surface area contributed by atoms with Crippen molar-refractivity contribution in [3.05, 3.63) is 33.9 Å². The highest BCUT2D eigenvalue weighted by atomic mass is 16.4. The maximum absolute atomic E-state index is 12.8. The van der Waals surface area contributed by atoms with E-state index >= 15 is 0 Å². The lowest BCUT2D eigenvalue weighted by Crippen LogP contribution is -2.36. The molecule has 1 aliphatic carbocycles. The van der Waals surface area contributed by atoms with E-state index in [9.17, 15) is 19.5 Å². The lowest BCUT2D eigenvalue weighted by Gasteiger charge is -2.27. The van der Waals surface area contributed by atoms with Crippen molar-refractivity contribution in [2.24, 2.45) is 11.8 Å². The second-order valence-corrected chi connectivity index (χ2v) is 6.82. The fourth-order valence-corrected chi connectivity index (χ4v) is 3.48. The van der Waals surface area contributed by atoms with Crippen LogP contribution >= 0.6 is 0 Å². The van der Waals surface area contributed by atoms with Crippen LogP contribution in [0.4, 0.5) is 5.82 Å². The van der Waals surface area contributed by atoms with E-state index in [2.05, 4.69) is 20.4 Å². The molecule has 0 spiro atoms. The SMILES string of the molecule is CCc1cc(=O)[nH]c(-n2nc(C)cc2NC(=O)[C@H]2CCCC[C@H]2C(=O)O)n1. The number of hydrogen-bond acceptors (Lipinski definition) is 5. The maximum atomic E-state index is 12.8. The van der Waals surface area contributed by atoms with Crippen LogP contribution in [0.25, 0.3) is 5.95 Å². The number of carbonyl (C=O) groups is 2. The van der Waals surface area contributed by atoms with Crippen molar-refractivity contribution >= 4 is 17.7 Å². The molecular weight excluding hydrogens is 350 g/mol. The predicted octanol–water partition coefficient (Wildman–Crippen LogP) is 1.66. The first kappa shape index (κ1) is 18.8. The van der Waals surface area contributed by atoms with E-state index in [0.717, 1.165) is 12.8 Å². The average Bonchev–Trinajstić information content (AvgIpc) is 3.01. The van der Waals surface area contributed by atoms with Gasteiger partial charge < -0.3 is 10.4 Å². The number of carbonyl (C=O) groups excluding carboxylic acids is 1. The summed E-state index contributed by atoms with van der Waals surface area (Å²) < 4.78 is 1.37. The number of carboxylic acids is 1. The number of rotatable bonds is 5. The van der Waals surface area contributed by atoms with Gasteiger partial charge in [0.1, 0.15) is 5.82 Å². The summed E-state index contributed by atoms with van der Waals surface area (Å²) in [7, 11) is 0. The molecule has 0 unspecified atom stereocenters. The van der Waals surface area contributed by atoms with Gasteiger partial charge in [-0.3, -0.25) is 19.4 Å². The van der Waals surface area contributed by atoms with Gasteiger partial charge in [0.05, 0.1) is 17.5 Å². The lowest BCUT2D eigenvalue weighted by atomic mass is 9.79. The topological polar surface area (TPSA) is 130 Å². The average molecular weight is 373 g/mol. The first-order valence-electron chi connectivity index (χ1n) is 9.10. The zero-order valence-electron chi connectivity index (χ0n) is 15.4. The molecule has 9 nitrogen and oxygen atoms in total.